The molecule has 0 saturated heterocycles. The van der Waals surface area contributed by atoms with Crippen molar-refractivity contribution in [3.63, 3.8) is 0 Å². The number of halogens is 6. The molecule has 0 radical (unpaired) electrons. The summed E-state index contributed by atoms with van der Waals surface area (Å²) in [6.07, 6.45) is -8.19. The summed E-state index contributed by atoms with van der Waals surface area (Å²) in [5, 5.41) is 23.4. The Morgan fingerprint density at radius 1 is 1.12 bits per heavy atom. The van der Waals surface area contributed by atoms with Crippen molar-refractivity contribution in [1.82, 2.24) is 0 Å². The molecule has 0 unspecified atom stereocenters. The average Bonchev–Trinajstić information content (AvgIpc) is 2.86. The molecule has 0 saturated carbocycles. The van der Waals surface area contributed by atoms with Gasteiger partial charge in [0.2, 0.25) is 0 Å². The number of hydrogen-bond donors (Lipinski definition) is 4. The molecule has 5 N–H and O–H groups in total. The summed E-state index contributed by atoms with van der Waals surface area (Å²) >= 11 is 3.13. The molecule has 0 aliphatic carbocycles. The minimum Gasteiger partial charge on any atom is -0.475 e. The Morgan fingerprint density at radius 3 is 1.62 bits per heavy atom. The van der Waals surface area contributed by atoms with Crippen molar-refractivity contribution in [1.29, 1.82) is 5.41 Å². The highest BCUT2D eigenvalue weighted by molar-refractivity contribution is 7.98. The number of nitrogens with one attached hydrogen (secondary N) is 1. The van der Waals surface area contributed by atoms with Gasteiger partial charge >= 0.3 is 24.3 Å². The van der Waals surface area contributed by atoms with Crippen LogP contribution < -0.4 is 5.73 Å². The van der Waals surface area contributed by atoms with E-state index in [0.29, 0.717) is 0 Å². The highest BCUT2D eigenvalue weighted by Crippen LogP contribution is 2.24. The molecule has 14 heteroatoms. The Balaban J connectivity index is 0. The first-order valence-corrected chi connectivity index (χ1v) is 7.31. The van der Waals surface area contributed by atoms with Crippen molar-refractivity contribution in [2.24, 2.45) is 5.73 Å². The third kappa shape index (κ3) is 10.7. The molecule has 0 amide bonds. The fraction of sp³-hybridized carbons (Fsp3) is 0.300. The van der Waals surface area contributed by atoms with E-state index in [1.54, 1.807) is 11.8 Å². The summed E-state index contributed by atoms with van der Waals surface area (Å²) in [4.78, 5) is 19.8. The van der Waals surface area contributed by atoms with Crippen molar-refractivity contribution in [3.05, 3.63) is 16.3 Å². The van der Waals surface area contributed by atoms with Crippen LogP contribution in [-0.4, -0.2) is 46.6 Å². The molecular weight excluding hydrogens is 390 g/mol. The van der Waals surface area contributed by atoms with Crippen LogP contribution in [0.1, 0.15) is 4.88 Å². The number of nitrogen functional groups attached to an aromatic ring is 1. The molecule has 0 aromatic carbocycles. The van der Waals surface area contributed by atoms with Crippen molar-refractivity contribution < 1.29 is 46.1 Å². The Kier molecular flexibility index (Phi) is 10.1. The third-order valence-corrected chi connectivity index (χ3v) is 3.44. The molecule has 1 heterocycles. The maximum atomic E-state index is 10.6. The van der Waals surface area contributed by atoms with Gasteiger partial charge in [0.25, 0.3) is 0 Å². The Morgan fingerprint density at radius 2 is 1.46 bits per heavy atom. The molecule has 1 aromatic heterocycles. The number of alkyl halides is 6. The lowest BCUT2D eigenvalue weighted by molar-refractivity contribution is -0.193. The number of thiophene rings is 1. The Hall–Kier alpha value is -1.96. The molecule has 0 aliphatic rings. The number of carboxylic acid groups (broad SMARTS) is 2. The monoisotopic (exact) mass is 400 g/mol. The number of carboxylic acids is 2. The zero-order valence-corrected chi connectivity index (χ0v) is 13.2. The average molecular weight is 400 g/mol. The zero-order chi connectivity index (χ0) is 19.7. The van der Waals surface area contributed by atoms with E-state index in [2.05, 4.69) is 0 Å². The van der Waals surface area contributed by atoms with Crippen LogP contribution in [0.15, 0.2) is 16.3 Å². The van der Waals surface area contributed by atoms with Gasteiger partial charge in [0.1, 0.15) is 5.84 Å². The highest BCUT2D eigenvalue weighted by Gasteiger charge is 2.38. The summed E-state index contributed by atoms with van der Waals surface area (Å²) in [5.74, 6) is -5.35. The molecule has 0 aliphatic heterocycles. The highest BCUT2D eigenvalue weighted by atomic mass is 32.2. The Bertz CT molecular complexity index is 546. The van der Waals surface area contributed by atoms with E-state index < -0.39 is 24.3 Å². The van der Waals surface area contributed by atoms with Gasteiger partial charge in [-0.1, -0.05) is 0 Å². The summed E-state index contributed by atoms with van der Waals surface area (Å²) in [6, 6.07) is 1.98. The lowest BCUT2D eigenvalue weighted by Crippen LogP contribution is -2.21. The summed E-state index contributed by atoms with van der Waals surface area (Å²) in [5.41, 5.74) is 5.31. The van der Waals surface area contributed by atoms with Crippen molar-refractivity contribution >= 4 is 40.9 Å². The smallest absolute Gasteiger partial charge is 0.475 e. The van der Waals surface area contributed by atoms with Crippen LogP contribution in [0.3, 0.4) is 0 Å². The van der Waals surface area contributed by atoms with Gasteiger partial charge in [-0.3, -0.25) is 5.41 Å². The Labute approximate surface area is 138 Å². The van der Waals surface area contributed by atoms with E-state index in [4.69, 9.17) is 30.9 Å². The first-order chi connectivity index (χ1) is 10.6. The van der Waals surface area contributed by atoms with Crippen LogP contribution in [0.2, 0.25) is 0 Å². The number of hydrogen-bond acceptors (Lipinski definition) is 5. The maximum absolute atomic E-state index is 10.6. The molecule has 0 atom stereocenters. The fourth-order valence-electron chi connectivity index (χ4n) is 0.655. The molecule has 1 aromatic rings. The molecule has 0 spiro atoms. The molecule has 24 heavy (non-hydrogen) atoms. The van der Waals surface area contributed by atoms with Crippen LogP contribution >= 0.6 is 23.1 Å². The topological polar surface area (TPSA) is 124 Å². The quantitative estimate of drug-likeness (QED) is 0.262. The molecule has 1 rings (SSSR count). The van der Waals surface area contributed by atoms with Gasteiger partial charge in [-0.15, -0.1) is 23.1 Å². The van der Waals surface area contributed by atoms with E-state index >= 15 is 0 Å². The second-order valence-electron chi connectivity index (χ2n) is 3.34. The molecule has 0 fully saturated rings. The van der Waals surface area contributed by atoms with Crippen molar-refractivity contribution in [2.75, 3.05) is 6.26 Å². The second-order valence-corrected chi connectivity index (χ2v) is 5.10. The summed E-state index contributed by atoms with van der Waals surface area (Å²) in [7, 11) is 0. The number of aliphatic carboxylic acids is 2. The molecule has 0 bridgehead atoms. The van der Waals surface area contributed by atoms with E-state index in [1.165, 1.54) is 11.3 Å². The van der Waals surface area contributed by atoms with Crippen LogP contribution in [0, 0.1) is 5.41 Å². The minimum atomic E-state index is -5.08. The van der Waals surface area contributed by atoms with Gasteiger partial charge in [-0.05, 0) is 17.7 Å². The van der Waals surface area contributed by atoms with E-state index in [9.17, 15) is 26.3 Å². The lowest BCUT2D eigenvalue weighted by atomic mass is 10.4. The van der Waals surface area contributed by atoms with Gasteiger partial charge in [-0.2, -0.15) is 26.3 Å². The van der Waals surface area contributed by atoms with Crippen LogP contribution in [0.5, 0.6) is 0 Å². The molecule has 6 nitrogen and oxygen atoms in total. The largest absolute Gasteiger partial charge is 0.490 e. The molecule has 138 valence electrons. The van der Waals surface area contributed by atoms with Crippen molar-refractivity contribution in [2.45, 2.75) is 17.2 Å². The van der Waals surface area contributed by atoms with E-state index in [0.717, 1.165) is 9.77 Å². The van der Waals surface area contributed by atoms with Crippen LogP contribution in [0.4, 0.5) is 26.3 Å². The normalized spacial score (nSPS) is 10.6. The second kappa shape index (κ2) is 10.0. The van der Waals surface area contributed by atoms with Crippen LogP contribution in [-0.2, 0) is 9.59 Å². The summed E-state index contributed by atoms with van der Waals surface area (Å²) in [6.45, 7) is 0. The predicted molar refractivity (Wildman–Crippen MR) is 74.5 cm³/mol. The van der Waals surface area contributed by atoms with Crippen molar-refractivity contribution in [3.8, 4) is 0 Å². The number of carbonyl (C=O) groups is 2. The maximum Gasteiger partial charge on any atom is 0.490 e. The number of thioether (sulfide) groups is 1. The minimum absolute atomic E-state index is 0.166. The van der Waals surface area contributed by atoms with Gasteiger partial charge in [0.05, 0.1) is 4.88 Å². The lowest BCUT2D eigenvalue weighted by Gasteiger charge is -1.94. The molecular formula is C10H10F6N2O4S2. The van der Waals surface area contributed by atoms with Gasteiger partial charge < -0.3 is 15.9 Å². The van der Waals surface area contributed by atoms with Gasteiger partial charge in [0.15, 0.2) is 0 Å². The summed E-state index contributed by atoms with van der Waals surface area (Å²) < 4.78 is 63.5. The zero-order valence-electron chi connectivity index (χ0n) is 11.5. The van der Waals surface area contributed by atoms with E-state index in [-0.39, 0.29) is 5.84 Å². The number of rotatable bonds is 2. The standard InChI is InChI=1S/C6H8N2S2.2C2HF3O2/c1-9-4-2-3-10-5(4)6(7)8;2*3-2(4,5)1(6)7/h2-3H,1H3,(H3,7,8);2*(H,6,7). The number of nitrogens with two attached hydrogens (primary N) is 1. The van der Waals surface area contributed by atoms with Crippen LogP contribution in [0.25, 0.3) is 0 Å². The predicted octanol–water partition coefficient (Wildman–Crippen LogP) is 3.02. The first kappa shape index (κ1) is 24.3. The fourth-order valence-corrected chi connectivity index (χ4v) is 2.29. The van der Waals surface area contributed by atoms with Gasteiger partial charge in [0, 0.05) is 4.90 Å². The third-order valence-electron chi connectivity index (χ3n) is 1.58. The van der Waals surface area contributed by atoms with E-state index in [1.807, 2.05) is 17.7 Å². The first-order valence-electron chi connectivity index (χ1n) is 5.20. The van der Waals surface area contributed by atoms with Gasteiger partial charge in [-0.25, -0.2) is 9.59 Å². The SMILES string of the molecule is CSc1ccsc1C(=N)N.O=C(O)C(F)(F)F.O=C(O)C(F)(F)F. The number of amidine groups is 1.